The lowest BCUT2D eigenvalue weighted by Gasteiger charge is -2.18. The van der Waals surface area contributed by atoms with Crippen molar-refractivity contribution in [3.05, 3.63) is 33.9 Å². The highest BCUT2D eigenvalue weighted by molar-refractivity contribution is 9.10. The molecule has 2 aromatic rings. The molecule has 3 heteroatoms. The third-order valence-corrected chi connectivity index (χ3v) is 3.79. The van der Waals surface area contributed by atoms with Crippen LogP contribution in [-0.4, -0.2) is 4.98 Å². The molecule has 0 spiro atoms. The molecule has 0 saturated carbocycles. The lowest BCUT2D eigenvalue weighted by atomic mass is 9.93. The second kappa shape index (κ2) is 3.74. The number of halogens is 1. The quantitative estimate of drug-likeness (QED) is 0.801. The number of anilines is 1. The minimum atomic E-state index is -0.0287. The highest BCUT2D eigenvalue weighted by Gasteiger charge is 2.17. The summed E-state index contributed by atoms with van der Waals surface area (Å²) in [5.74, 6) is 0. The fraction of sp³-hybridized carbons (Fsp3) is 0.308. The first-order valence-corrected chi connectivity index (χ1v) is 6.24. The van der Waals surface area contributed by atoms with Crippen molar-refractivity contribution in [2.75, 3.05) is 5.73 Å². The molecule has 0 saturated heterocycles. The van der Waals surface area contributed by atoms with Crippen LogP contribution in [0.2, 0.25) is 0 Å². The van der Waals surface area contributed by atoms with Gasteiger partial charge in [0, 0.05) is 22.6 Å². The first-order chi connectivity index (χ1) is 8.16. The zero-order chi connectivity index (χ0) is 12.0. The van der Waals surface area contributed by atoms with Gasteiger partial charge in [-0.2, -0.15) is 0 Å². The van der Waals surface area contributed by atoms with Gasteiger partial charge in [0.1, 0.15) is 0 Å². The van der Waals surface area contributed by atoms with Gasteiger partial charge in [0.2, 0.25) is 0 Å². The molecule has 16 heavy (non-hydrogen) atoms. The molecular weight excluding hydrogens is 264 g/mol. The van der Waals surface area contributed by atoms with Crippen molar-refractivity contribution in [3.63, 3.8) is 0 Å². The van der Waals surface area contributed by atoms with E-state index in [4.69, 9.17) is 7.10 Å². The number of hydrogen-bond donors (Lipinski definition) is 1. The maximum absolute atomic E-state index is 7.83. The monoisotopic (exact) mass is 277 g/mol. The largest absolute Gasteiger partial charge is 0.398 e. The van der Waals surface area contributed by atoms with Crippen molar-refractivity contribution in [3.8, 4) is 0 Å². The molecule has 1 heterocycles. The van der Waals surface area contributed by atoms with Crippen LogP contribution < -0.4 is 5.73 Å². The van der Waals surface area contributed by atoms with Crippen LogP contribution >= 0.6 is 15.9 Å². The van der Waals surface area contributed by atoms with E-state index >= 15 is 0 Å². The molecule has 1 aliphatic carbocycles. The smallest absolute Gasteiger partial charge is 0.0737 e. The molecule has 2 nitrogen and oxygen atoms in total. The third-order valence-electron chi connectivity index (χ3n) is 3.13. The number of rotatable bonds is 0. The van der Waals surface area contributed by atoms with Gasteiger partial charge in [-0.25, -0.2) is 0 Å². The molecule has 0 fully saturated rings. The number of aryl methyl sites for hydroxylation is 1. The molecule has 1 unspecified atom stereocenters. The van der Waals surface area contributed by atoms with Gasteiger partial charge in [-0.1, -0.05) is 22.0 Å². The van der Waals surface area contributed by atoms with Crippen LogP contribution in [0.25, 0.3) is 10.9 Å². The summed E-state index contributed by atoms with van der Waals surface area (Å²) in [4.78, 5) is 4.66. The van der Waals surface area contributed by atoms with Crippen molar-refractivity contribution in [2.45, 2.75) is 25.7 Å². The predicted molar refractivity (Wildman–Crippen MR) is 70.5 cm³/mol. The lowest BCUT2D eigenvalue weighted by molar-refractivity contribution is 0.673. The molecule has 3 rings (SSSR count). The fourth-order valence-electron chi connectivity index (χ4n) is 2.32. The first-order valence-electron chi connectivity index (χ1n) is 6.02. The summed E-state index contributed by atoms with van der Waals surface area (Å²) < 4.78 is 8.83. The fourth-order valence-corrected chi connectivity index (χ4v) is 2.89. The van der Waals surface area contributed by atoms with E-state index < -0.39 is 0 Å². The van der Waals surface area contributed by atoms with Crippen LogP contribution in [0.3, 0.4) is 0 Å². The number of pyridine rings is 1. The molecule has 0 bridgehead atoms. The summed E-state index contributed by atoms with van der Waals surface area (Å²) in [6, 6.07) is 5.93. The molecule has 1 aliphatic rings. The van der Waals surface area contributed by atoms with E-state index in [0.717, 1.165) is 51.6 Å². The van der Waals surface area contributed by atoms with Gasteiger partial charge in [-0.3, -0.25) is 4.98 Å². The zero-order valence-corrected chi connectivity index (χ0v) is 10.4. The Labute approximate surface area is 104 Å². The molecule has 1 atom stereocenters. The minimum Gasteiger partial charge on any atom is -0.398 e. The van der Waals surface area contributed by atoms with Crippen LogP contribution in [-0.2, 0) is 12.8 Å². The van der Waals surface area contributed by atoms with E-state index in [0.29, 0.717) is 0 Å². The van der Waals surface area contributed by atoms with Crippen LogP contribution in [0.15, 0.2) is 22.7 Å². The summed E-state index contributed by atoms with van der Waals surface area (Å²) in [5.41, 5.74) is 10.2. The van der Waals surface area contributed by atoms with E-state index in [2.05, 4.69) is 20.9 Å². The number of aromatic nitrogens is 1. The number of nitrogens with two attached hydrogens (primary N) is 1. The highest BCUT2D eigenvalue weighted by Crippen LogP contribution is 2.34. The van der Waals surface area contributed by atoms with E-state index in [-0.39, 0.29) is 6.40 Å². The third kappa shape index (κ3) is 1.42. The Kier molecular flexibility index (Phi) is 2.10. The van der Waals surface area contributed by atoms with E-state index in [9.17, 15) is 0 Å². The van der Waals surface area contributed by atoms with Gasteiger partial charge in [0.25, 0.3) is 0 Å². The van der Waals surface area contributed by atoms with Gasteiger partial charge in [0.05, 0.1) is 5.52 Å². The summed E-state index contributed by atoms with van der Waals surface area (Å²) in [5, 5.41) is 1.01. The lowest BCUT2D eigenvalue weighted by Crippen LogP contribution is -2.09. The number of nitrogen functional groups attached to an aromatic ring is 1. The summed E-state index contributed by atoms with van der Waals surface area (Å²) in [7, 11) is 0. The minimum absolute atomic E-state index is 0.0287. The van der Waals surface area contributed by atoms with Crippen molar-refractivity contribution in [1.29, 1.82) is 0 Å². The second-order valence-corrected chi connectivity index (χ2v) is 4.97. The maximum atomic E-state index is 7.83. The number of benzene rings is 1. The molecule has 2 N–H and O–H groups in total. The second-order valence-electron chi connectivity index (χ2n) is 4.12. The SMILES string of the molecule is [2H]C1CCc2c(nc3cccc(Br)c3c2N)C1. The maximum Gasteiger partial charge on any atom is 0.0737 e. The Morgan fingerprint density at radius 2 is 2.25 bits per heavy atom. The van der Waals surface area contributed by atoms with Crippen LogP contribution in [0.4, 0.5) is 5.69 Å². The van der Waals surface area contributed by atoms with E-state index in [1.807, 2.05) is 18.2 Å². The Morgan fingerprint density at radius 1 is 1.38 bits per heavy atom. The summed E-state index contributed by atoms with van der Waals surface area (Å²) >= 11 is 3.53. The Morgan fingerprint density at radius 3 is 3.12 bits per heavy atom. The Balaban J connectivity index is 2.33. The standard InChI is InChI=1S/C13H13BrN2/c14-9-5-3-7-11-12(9)13(15)8-4-1-2-6-10(8)16-11/h3,5,7H,1-2,4,6H2,(H2,15,16)/i2D. The van der Waals surface area contributed by atoms with E-state index in [1.165, 1.54) is 0 Å². The van der Waals surface area contributed by atoms with Crippen molar-refractivity contribution in [2.24, 2.45) is 0 Å². The summed E-state index contributed by atoms with van der Waals surface area (Å²) in [6.45, 7) is 0. The van der Waals surface area contributed by atoms with Gasteiger partial charge >= 0.3 is 0 Å². The van der Waals surface area contributed by atoms with Gasteiger partial charge in [-0.15, -0.1) is 0 Å². The van der Waals surface area contributed by atoms with Gasteiger partial charge < -0.3 is 5.73 Å². The van der Waals surface area contributed by atoms with Crippen LogP contribution in [0.1, 0.15) is 25.4 Å². The number of hydrogen-bond acceptors (Lipinski definition) is 2. The predicted octanol–water partition coefficient (Wildman–Crippen LogP) is 3.46. The molecule has 0 amide bonds. The highest BCUT2D eigenvalue weighted by atomic mass is 79.9. The molecule has 82 valence electrons. The molecule has 0 aliphatic heterocycles. The summed E-state index contributed by atoms with van der Waals surface area (Å²) in [6.07, 6.45) is 2.45. The molecule has 1 aromatic carbocycles. The average molecular weight is 278 g/mol. The van der Waals surface area contributed by atoms with Gasteiger partial charge in [-0.05, 0) is 43.4 Å². The van der Waals surface area contributed by atoms with Crippen molar-refractivity contribution >= 4 is 32.5 Å². The topological polar surface area (TPSA) is 38.9 Å². The van der Waals surface area contributed by atoms with Crippen LogP contribution in [0, 0.1) is 0 Å². The first kappa shape index (κ1) is 8.99. The molecule has 0 radical (unpaired) electrons. The van der Waals surface area contributed by atoms with Crippen molar-refractivity contribution < 1.29 is 1.37 Å². The number of fused-ring (bicyclic) bond motifs is 2. The van der Waals surface area contributed by atoms with E-state index in [1.54, 1.807) is 0 Å². The molecule has 1 aromatic heterocycles. The average Bonchev–Trinajstić information content (AvgIpc) is 2.28. The van der Waals surface area contributed by atoms with Crippen LogP contribution in [0.5, 0.6) is 0 Å². The van der Waals surface area contributed by atoms with Gasteiger partial charge in [0.15, 0.2) is 0 Å². The van der Waals surface area contributed by atoms with Crippen molar-refractivity contribution in [1.82, 2.24) is 4.98 Å². The Bertz CT molecular complexity index is 597. The normalized spacial score (nSPS) is 20.6. The molecular formula is C13H13BrN2. The zero-order valence-electron chi connectivity index (χ0n) is 9.83. The number of nitrogens with zero attached hydrogens (tertiary/aromatic N) is 1. The Hall–Kier alpha value is -1.09.